The number of methoxy groups -OCH3 is 1. The molecule has 0 aliphatic carbocycles. The number of esters is 1. The summed E-state index contributed by atoms with van der Waals surface area (Å²) in [6.45, 7) is 0.113. The van der Waals surface area contributed by atoms with E-state index in [0.717, 1.165) is 28.6 Å². The van der Waals surface area contributed by atoms with Crippen LogP contribution in [0.3, 0.4) is 0 Å². The second-order valence-corrected chi connectivity index (χ2v) is 8.02. The fraction of sp³-hybridized carbons (Fsp3) is 0.462. The average molecular weight is 369 g/mol. The van der Waals surface area contributed by atoms with Crippen LogP contribution in [-0.2, 0) is 25.7 Å². The first-order chi connectivity index (χ1) is 10.7. The summed E-state index contributed by atoms with van der Waals surface area (Å²) in [7, 11) is -2.74. The lowest BCUT2D eigenvalue weighted by atomic mass is 10.2. The molecule has 0 radical (unpaired) electrons. The Morgan fingerprint density at radius 2 is 1.91 bits per heavy atom. The lowest BCUT2D eigenvalue weighted by Crippen LogP contribution is -2.44. The minimum Gasteiger partial charge on any atom is -0.468 e. The molecular formula is C13H14F3NO4S2. The Morgan fingerprint density at radius 3 is 2.43 bits per heavy atom. The molecule has 128 valence electrons. The highest BCUT2D eigenvalue weighted by molar-refractivity contribution is 8.00. The number of rotatable bonds is 3. The van der Waals surface area contributed by atoms with Crippen molar-refractivity contribution in [3.05, 3.63) is 29.8 Å². The normalized spacial score (nSPS) is 20.3. The van der Waals surface area contributed by atoms with Crippen molar-refractivity contribution >= 4 is 27.8 Å². The summed E-state index contributed by atoms with van der Waals surface area (Å²) in [6.07, 6.45) is -4.53. The lowest BCUT2D eigenvalue weighted by Gasteiger charge is -2.30. The first-order valence-corrected chi connectivity index (χ1v) is 9.02. The molecular weight excluding hydrogens is 355 g/mol. The lowest BCUT2D eigenvalue weighted by molar-refractivity contribution is -0.140. The van der Waals surface area contributed by atoms with Gasteiger partial charge < -0.3 is 4.74 Å². The number of carbonyl (C=O) groups excluding carboxylic acids is 1. The maximum Gasteiger partial charge on any atom is 0.416 e. The minimum absolute atomic E-state index is 0.0688. The molecule has 1 atom stereocenters. The monoisotopic (exact) mass is 369 g/mol. The predicted octanol–water partition coefficient (Wildman–Crippen LogP) is 1.98. The molecule has 10 heteroatoms. The largest absolute Gasteiger partial charge is 0.468 e. The average Bonchev–Trinajstić information content (AvgIpc) is 2.53. The van der Waals surface area contributed by atoms with Gasteiger partial charge in [-0.15, -0.1) is 11.8 Å². The number of sulfonamides is 1. The van der Waals surface area contributed by atoms with Gasteiger partial charge in [-0.3, -0.25) is 4.79 Å². The number of hydrogen-bond acceptors (Lipinski definition) is 5. The highest BCUT2D eigenvalue weighted by atomic mass is 32.2. The summed E-state index contributed by atoms with van der Waals surface area (Å²) < 4.78 is 68.3. The molecule has 1 aromatic carbocycles. The Balaban J connectivity index is 2.22. The third-order valence-electron chi connectivity index (χ3n) is 3.31. The molecule has 1 fully saturated rings. The molecule has 1 heterocycles. The first kappa shape index (κ1) is 18.1. The maximum atomic E-state index is 12.5. The van der Waals surface area contributed by atoms with Crippen molar-refractivity contribution in [2.45, 2.75) is 16.3 Å². The molecule has 0 N–H and O–H groups in total. The zero-order valence-corrected chi connectivity index (χ0v) is 13.7. The topological polar surface area (TPSA) is 63.7 Å². The van der Waals surface area contributed by atoms with Crippen molar-refractivity contribution < 1.29 is 31.1 Å². The summed E-state index contributed by atoms with van der Waals surface area (Å²) in [5.41, 5.74) is -0.918. The van der Waals surface area contributed by atoms with Crippen LogP contribution in [0.5, 0.6) is 0 Å². The van der Waals surface area contributed by atoms with Crippen molar-refractivity contribution in [3.63, 3.8) is 0 Å². The second-order valence-electron chi connectivity index (χ2n) is 4.77. The van der Waals surface area contributed by atoms with Gasteiger partial charge in [0.25, 0.3) is 0 Å². The molecule has 1 aliphatic heterocycles. The van der Waals surface area contributed by atoms with Gasteiger partial charge in [0, 0.05) is 18.8 Å². The van der Waals surface area contributed by atoms with E-state index < -0.39 is 33.0 Å². The molecule has 0 bridgehead atoms. The second kappa shape index (κ2) is 6.70. The van der Waals surface area contributed by atoms with Crippen LogP contribution in [-0.4, -0.2) is 49.9 Å². The molecule has 0 spiro atoms. The number of nitrogens with zero attached hydrogens (tertiary/aromatic N) is 1. The van der Waals surface area contributed by atoms with Crippen molar-refractivity contribution in [1.29, 1.82) is 0 Å². The molecule has 0 aromatic heterocycles. The van der Waals surface area contributed by atoms with E-state index in [9.17, 15) is 26.4 Å². The summed E-state index contributed by atoms with van der Waals surface area (Å²) in [5.74, 6) is -0.123. The molecule has 0 saturated carbocycles. The molecule has 1 aromatic rings. The van der Waals surface area contributed by atoms with E-state index in [1.165, 1.54) is 18.9 Å². The van der Waals surface area contributed by atoms with Gasteiger partial charge in [0.1, 0.15) is 5.25 Å². The van der Waals surface area contributed by atoms with Crippen molar-refractivity contribution in [2.75, 3.05) is 26.0 Å². The van der Waals surface area contributed by atoms with E-state index in [1.807, 2.05) is 0 Å². The number of halogens is 3. The number of ether oxygens (including phenoxy) is 1. The summed E-state index contributed by atoms with van der Waals surface area (Å²) in [4.78, 5) is 11.3. The fourth-order valence-electron chi connectivity index (χ4n) is 2.08. The molecule has 0 unspecified atom stereocenters. The van der Waals surface area contributed by atoms with Crippen molar-refractivity contribution in [2.24, 2.45) is 0 Å². The van der Waals surface area contributed by atoms with Crippen LogP contribution >= 0.6 is 11.8 Å². The number of benzene rings is 1. The predicted molar refractivity (Wildman–Crippen MR) is 78.5 cm³/mol. The molecule has 5 nitrogen and oxygen atoms in total. The Morgan fingerprint density at radius 1 is 1.30 bits per heavy atom. The number of alkyl halides is 3. The van der Waals surface area contributed by atoms with Gasteiger partial charge in [0.05, 0.1) is 17.6 Å². The van der Waals surface area contributed by atoms with Gasteiger partial charge in [0.2, 0.25) is 10.0 Å². The van der Waals surface area contributed by atoms with Crippen LogP contribution in [0.4, 0.5) is 13.2 Å². The Hall–Kier alpha value is -1.26. The van der Waals surface area contributed by atoms with Gasteiger partial charge in [0.15, 0.2) is 0 Å². The van der Waals surface area contributed by atoms with E-state index in [0.29, 0.717) is 5.75 Å². The van der Waals surface area contributed by atoms with E-state index >= 15 is 0 Å². The Kier molecular flexibility index (Phi) is 5.27. The van der Waals surface area contributed by atoms with Crippen molar-refractivity contribution in [1.82, 2.24) is 4.31 Å². The zero-order chi connectivity index (χ0) is 17.3. The highest BCUT2D eigenvalue weighted by Gasteiger charge is 2.35. The van der Waals surface area contributed by atoms with Gasteiger partial charge in [-0.25, -0.2) is 8.42 Å². The summed E-state index contributed by atoms with van der Waals surface area (Å²) in [6, 6.07) is 3.30. The molecule has 23 heavy (non-hydrogen) atoms. The van der Waals surface area contributed by atoms with Crippen LogP contribution in [0.1, 0.15) is 5.56 Å². The zero-order valence-electron chi connectivity index (χ0n) is 12.0. The Labute approximate surface area is 135 Å². The van der Waals surface area contributed by atoms with Crippen molar-refractivity contribution in [3.8, 4) is 0 Å². The van der Waals surface area contributed by atoms with E-state index in [-0.39, 0.29) is 18.0 Å². The van der Waals surface area contributed by atoms with Gasteiger partial charge in [-0.2, -0.15) is 17.5 Å². The Bertz CT molecular complexity index is 673. The smallest absolute Gasteiger partial charge is 0.416 e. The number of hydrogen-bond donors (Lipinski definition) is 0. The van der Waals surface area contributed by atoms with Crippen LogP contribution in [0.15, 0.2) is 29.2 Å². The summed E-state index contributed by atoms with van der Waals surface area (Å²) >= 11 is 1.29. The van der Waals surface area contributed by atoms with Gasteiger partial charge in [-0.1, -0.05) is 0 Å². The van der Waals surface area contributed by atoms with Crippen LogP contribution in [0, 0.1) is 0 Å². The highest BCUT2D eigenvalue weighted by Crippen LogP contribution is 2.31. The number of thioether (sulfide) groups is 1. The third-order valence-corrected chi connectivity index (χ3v) is 6.35. The van der Waals surface area contributed by atoms with Crippen LogP contribution < -0.4 is 0 Å². The van der Waals surface area contributed by atoms with E-state index in [4.69, 9.17) is 0 Å². The van der Waals surface area contributed by atoms with Crippen LogP contribution in [0.2, 0.25) is 0 Å². The minimum atomic E-state index is -4.53. The molecule has 1 saturated heterocycles. The first-order valence-electron chi connectivity index (χ1n) is 6.53. The molecule has 0 amide bonds. The van der Waals surface area contributed by atoms with E-state index in [2.05, 4.69) is 4.74 Å². The SMILES string of the molecule is COC(=O)[C@@H]1CN(S(=O)(=O)c2ccc(C(F)(F)F)cc2)CCS1. The van der Waals surface area contributed by atoms with Crippen LogP contribution in [0.25, 0.3) is 0 Å². The quantitative estimate of drug-likeness (QED) is 0.763. The fourth-order valence-corrected chi connectivity index (χ4v) is 4.88. The molecule has 1 aliphatic rings. The summed E-state index contributed by atoms with van der Waals surface area (Å²) in [5, 5.41) is -0.641. The third kappa shape index (κ3) is 3.99. The van der Waals surface area contributed by atoms with Gasteiger partial charge >= 0.3 is 12.1 Å². The van der Waals surface area contributed by atoms with Gasteiger partial charge in [-0.05, 0) is 24.3 Å². The number of carbonyl (C=O) groups is 1. The molecule has 2 rings (SSSR count). The standard InChI is InChI=1S/C13H14F3NO4S2/c1-21-12(18)11-8-17(6-7-22-11)23(19,20)10-4-2-9(3-5-10)13(14,15)16/h2-5,11H,6-8H2,1H3/t11-/m0/s1. The van der Waals surface area contributed by atoms with E-state index in [1.54, 1.807) is 0 Å². The maximum absolute atomic E-state index is 12.5.